The highest BCUT2D eigenvalue weighted by Gasteiger charge is 2.44. The van der Waals surface area contributed by atoms with E-state index in [1.54, 1.807) is 0 Å². The van der Waals surface area contributed by atoms with Crippen molar-refractivity contribution in [2.75, 3.05) is 13.1 Å². The van der Waals surface area contributed by atoms with Crippen LogP contribution in [0.25, 0.3) is 11.3 Å². The van der Waals surface area contributed by atoms with E-state index in [9.17, 15) is 4.79 Å². The molecular formula is C16H17N3O2. The molecule has 2 aliphatic heterocycles. The van der Waals surface area contributed by atoms with Crippen LogP contribution in [-0.4, -0.2) is 34.2 Å². The summed E-state index contributed by atoms with van der Waals surface area (Å²) in [4.78, 5) is 12.8. The van der Waals surface area contributed by atoms with Gasteiger partial charge in [-0.05, 0) is 12.1 Å². The molecule has 108 valence electrons. The van der Waals surface area contributed by atoms with Crippen LogP contribution in [0.3, 0.4) is 0 Å². The molecule has 0 N–H and O–H groups in total. The number of carbonyl (C=O) groups is 1. The Morgan fingerprint density at radius 1 is 1.29 bits per heavy atom. The summed E-state index contributed by atoms with van der Waals surface area (Å²) < 4.78 is 8.25. The third kappa shape index (κ3) is 1.77. The second-order valence-corrected chi connectivity index (χ2v) is 5.80. The Morgan fingerprint density at radius 3 is 2.81 bits per heavy atom. The number of piperidine rings is 1. The van der Waals surface area contributed by atoms with Gasteiger partial charge in [-0.3, -0.25) is 9.48 Å². The maximum Gasteiger partial charge on any atom is 0.209 e. The van der Waals surface area contributed by atoms with Crippen molar-refractivity contribution >= 4 is 6.41 Å². The first kappa shape index (κ1) is 12.4. The van der Waals surface area contributed by atoms with Crippen molar-refractivity contribution in [3.05, 3.63) is 36.0 Å². The monoisotopic (exact) mass is 283 g/mol. The van der Waals surface area contributed by atoms with Crippen LogP contribution in [0.1, 0.15) is 18.4 Å². The van der Waals surface area contributed by atoms with Gasteiger partial charge in [0.2, 0.25) is 6.41 Å². The maximum atomic E-state index is 10.9. The Hall–Kier alpha value is -2.30. The number of likely N-dealkylation sites (tertiary alicyclic amines) is 1. The predicted molar refractivity (Wildman–Crippen MR) is 77.8 cm³/mol. The van der Waals surface area contributed by atoms with Gasteiger partial charge < -0.3 is 9.64 Å². The number of rotatable bonds is 1. The molecule has 4 rings (SSSR count). The molecule has 0 aliphatic carbocycles. The van der Waals surface area contributed by atoms with E-state index in [0.717, 1.165) is 54.9 Å². The lowest BCUT2D eigenvalue weighted by Gasteiger charge is -2.43. The summed E-state index contributed by atoms with van der Waals surface area (Å²) in [6, 6.07) is 8.05. The molecule has 1 spiro atoms. The van der Waals surface area contributed by atoms with Gasteiger partial charge in [0.1, 0.15) is 17.0 Å². The normalized spacial score (nSPS) is 18.8. The topological polar surface area (TPSA) is 47.4 Å². The van der Waals surface area contributed by atoms with Gasteiger partial charge in [0.05, 0.1) is 0 Å². The Morgan fingerprint density at radius 2 is 2.05 bits per heavy atom. The molecule has 0 atom stereocenters. The number of fused-ring (bicyclic) bond motifs is 4. The van der Waals surface area contributed by atoms with Crippen LogP contribution in [-0.2, 0) is 17.4 Å². The van der Waals surface area contributed by atoms with Crippen molar-refractivity contribution in [3.63, 3.8) is 0 Å². The fraction of sp³-hybridized carbons (Fsp3) is 0.375. The van der Waals surface area contributed by atoms with Gasteiger partial charge in [-0.2, -0.15) is 5.10 Å². The zero-order valence-electron chi connectivity index (χ0n) is 12.0. The van der Waals surface area contributed by atoms with Crippen molar-refractivity contribution in [2.45, 2.75) is 18.4 Å². The zero-order chi connectivity index (χ0) is 14.4. The SMILES string of the molecule is Cn1cc2c(n1)-c1ccccc1OC21CCN(C=O)CC1. The molecule has 0 unspecified atom stereocenters. The van der Waals surface area contributed by atoms with Gasteiger partial charge in [0.25, 0.3) is 0 Å². The molecule has 3 heterocycles. The molecule has 1 saturated heterocycles. The van der Waals surface area contributed by atoms with Crippen LogP contribution < -0.4 is 4.74 Å². The summed E-state index contributed by atoms with van der Waals surface area (Å²) in [6.07, 6.45) is 4.59. The van der Waals surface area contributed by atoms with Gasteiger partial charge in [-0.25, -0.2) is 0 Å². The van der Waals surface area contributed by atoms with Crippen LogP contribution in [0, 0.1) is 0 Å². The third-order valence-corrected chi connectivity index (χ3v) is 4.52. The number of nitrogens with zero attached hydrogens (tertiary/aromatic N) is 3. The molecule has 2 aliphatic rings. The minimum atomic E-state index is -0.350. The highest BCUT2D eigenvalue weighted by Crippen LogP contribution is 2.48. The summed E-state index contributed by atoms with van der Waals surface area (Å²) in [7, 11) is 1.94. The molecular weight excluding hydrogens is 266 g/mol. The van der Waals surface area contributed by atoms with E-state index >= 15 is 0 Å². The number of hydrogen-bond donors (Lipinski definition) is 0. The second kappa shape index (κ2) is 4.35. The van der Waals surface area contributed by atoms with Gasteiger partial charge in [-0.15, -0.1) is 0 Å². The van der Waals surface area contributed by atoms with Gasteiger partial charge in [-0.1, -0.05) is 12.1 Å². The Labute approximate surface area is 123 Å². The molecule has 21 heavy (non-hydrogen) atoms. The van der Waals surface area contributed by atoms with Crippen molar-refractivity contribution in [2.24, 2.45) is 7.05 Å². The summed E-state index contributed by atoms with van der Waals surface area (Å²) in [5, 5.41) is 4.63. The summed E-state index contributed by atoms with van der Waals surface area (Å²) in [5.41, 5.74) is 2.86. The molecule has 1 aromatic heterocycles. The average molecular weight is 283 g/mol. The Balaban J connectivity index is 1.83. The summed E-state index contributed by atoms with van der Waals surface area (Å²) >= 11 is 0. The highest BCUT2D eigenvalue weighted by atomic mass is 16.5. The van der Waals surface area contributed by atoms with E-state index in [0.29, 0.717) is 0 Å². The molecule has 0 radical (unpaired) electrons. The van der Waals surface area contributed by atoms with E-state index in [2.05, 4.69) is 17.4 Å². The quantitative estimate of drug-likeness (QED) is 0.751. The molecule has 1 fully saturated rings. The van der Waals surface area contributed by atoms with Gasteiger partial charge in [0, 0.05) is 50.3 Å². The zero-order valence-corrected chi connectivity index (χ0v) is 12.0. The molecule has 0 bridgehead atoms. The lowest BCUT2D eigenvalue weighted by Crippen LogP contribution is -2.46. The number of aryl methyl sites for hydroxylation is 1. The van der Waals surface area contributed by atoms with Crippen LogP contribution in [0.4, 0.5) is 0 Å². The number of amides is 1. The van der Waals surface area contributed by atoms with Crippen LogP contribution in [0.2, 0.25) is 0 Å². The fourth-order valence-corrected chi connectivity index (χ4v) is 3.40. The molecule has 5 nitrogen and oxygen atoms in total. The van der Waals surface area contributed by atoms with Crippen molar-refractivity contribution < 1.29 is 9.53 Å². The first-order valence-corrected chi connectivity index (χ1v) is 7.24. The van der Waals surface area contributed by atoms with E-state index in [4.69, 9.17) is 4.74 Å². The van der Waals surface area contributed by atoms with Gasteiger partial charge in [0.15, 0.2) is 0 Å². The number of carbonyl (C=O) groups excluding carboxylic acids is 1. The number of para-hydroxylation sites is 1. The fourth-order valence-electron chi connectivity index (χ4n) is 3.40. The predicted octanol–water partition coefficient (Wildman–Crippen LogP) is 1.93. The van der Waals surface area contributed by atoms with E-state index in [1.165, 1.54) is 0 Å². The van der Waals surface area contributed by atoms with E-state index in [-0.39, 0.29) is 5.60 Å². The lowest BCUT2D eigenvalue weighted by molar-refractivity contribution is -0.121. The number of aromatic nitrogens is 2. The van der Waals surface area contributed by atoms with E-state index in [1.807, 2.05) is 34.8 Å². The average Bonchev–Trinajstić information content (AvgIpc) is 2.91. The van der Waals surface area contributed by atoms with Crippen molar-refractivity contribution in [3.8, 4) is 17.0 Å². The van der Waals surface area contributed by atoms with Gasteiger partial charge >= 0.3 is 0 Å². The number of benzene rings is 1. The second-order valence-electron chi connectivity index (χ2n) is 5.80. The van der Waals surface area contributed by atoms with Crippen LogP contribution >= 0.6 is 0 Å². The molecule has 1 amide bonds. The minimum Gasteiger partial charge on any atom is -0.482 e. The Kier molecular flexibility index (Phi) is 2.58. The lowest BCUT2D eigenvalue weighted by atomic mass is 9.81. The summed E-state index contributed by atoms with van der Waals surface area (Å²) in [6.45, 7) is 1.44. The largest absolute Gasteiger partial charge is 0.482 e. The van der Waals surface area contributed by atoms with Crippen molar-refractivity contribution in [1.82, 2.24) is 14.7 Å². The number of ether oxygens (including phenoxy) is 1. The molecule has 0 saturated carbocycles. The highest BCUT2D eigenvalue weighted by molar-refractivity contribution is 5.73. The van der Waals surface area contributed by atoms with Crippen molar-refractivity contribution in [1.29, 1.82) is 0 Å². The maximum absolute atomic E-state index is 10.9. The molecule has 5 heteroatoms. The van der Waals surface area contributed by atoms with Crippen LogP contribution in [0.15, 0.2) is 30.5 Å². The smallest absolute Gasteiger partial charge is 0.209 e. The first-order valence-electron chi connectivity index (χ1n) is 7.24. The molecule has 2 aromatic rings. The first-order chi connectivity index (χ1) is 10.2. The van der Waals surface area contributed by atoms with Crippen LogP contribution in [0.5, 0.6) is 5.75 Å². The van der Waals surface area contributed by atoms with E-state index < -0.39 is 0 Å². The standard InChI is InChI=1S/C16H17N3O2/c1-18-10-13-15(17-18)12-4-2-3-5-14(12)21-16(13)6-8-19(11-20)9-7-16/h2-5,10-11H,6-9H2,1H3. The number of hydrogen-bond acceptors (Lipinski definition) is 3. The molecule has 1 aromatic carbocycles. The minimum absolute atomic E-state index is 0.350. The Bertz CT molecular complexity index is 699. The summed E-state index contributed by atoms with van der Waals surface area (Å²) in [5.74, 6) is 0.892. The third-order valence-electron chi connectivity index (χ3n) is 4.52.